The van der Waals surface area contributed by atoms with Crippen LogP contribution in [0.15, 0.2) is 71.6 Å². The van der Waals surface area contributed by atoms with E-state index in [9.17, 15) is 9.00 Å². The van der Waals surface area contributed by atoms with Crippen molar-refractivity contribution in [3.8, 4) is 11.5 Å². The van der Waals surface area contributed by atoms with Crippen molar-refractivity contribution in [2.45, 2.75) is 4.90 Å². The number of carbonyl (C=O) groups excluding carboxylic acids is 1. The first-order chi connectivity index (χ1) is 19.2. The molecule has 0 saturated heterocycles. The lowest BCUT2D eigenvalue weighted by atomic mass is 10.2. The maximum absolute atomic E-state index is 13.0. The second-order valence-electron chi connectivity index (χ2n) is 9.30. The Kier molecular flexibility index (Phi) is 11.4. The Balaban J connectivity index is 0.000000482. The van der Waals surface area contributed by atoms with E-state index in [-0.39, 0.29) is 0 Å². The third kappa shape index (κ3) is 9.01. The van der Waals surface area contributed by atoms with Crippen LogP contribution in [0.4, 0.5) is 17.3 Å². The lowest BCUT2D eigenvalue weighted by molar-refractivity contribution is 0.112. The number of methoxy groups -OCH3 is 2. The van der Waals surface area contributed by atoms with Crippen molar-refractivity contribution in [3.05, 3.63) is 72.3 Å². The van der Waals surface area contributed by atoms with E-state index in [0.717, 1.165) is 13.1 Å². The van der Waals surface area contributed by atoms with E-state index in [1.54, 1.807) is 56.7 Å². The number of anilines is 3. The quantitative estimate of drug-likeness (QED) is 0.256. The first-order valence-corrected chi connectivity index (χ1v) is 13.7. The average molecular weight is 565 g/mol. The second-order valence-corrected chi connectivity index (χ2v) is 10.5. The molecule has 3 aromatic carbocycles. The van der Waals surface area contributed by atoms with Crippen LogP contribution in [0.5, 0.6) is 11.5 Å². The number of likely N-dealkylation sites (N-methyl/N-ethyl adjacent to an activating group) is 2. The van der Waals surface area contributed by atoms with Crippen LogP contribution < -0.4 is 19.5 Å². The molecule has 4 rings (SSSR count). The number of aromatic nitrogens is 2. The summed E-state index contributed by atoms with van der Waals surface area (Å²) in [6, 6.07) is 19.3. The summed E-state index contributed by atoms with van der Waals surface area (Å²) in [5.41, 5.74) is 2.40. The molecule has 2 N–H and O–H groups in total. The van der Waals surface area contributed by atoms with Gasteiger partial charge in [-0.1, -0.05) is 24.3 Å². The number of fused-ring (bicyclic) bond motifs is 1. The van der Waals surface area contributed by atoms with Gasteiger partial charge >= 0.3 is 0 Å². The highest BCUT2D eigenvalue weighted by Gasteiger charge is 2.14. The van der Waals surface area contributed by atoms with E-state index < -0.39 is 11.0 Å². The number of para-hydroxylation sites is 2. The maximum Gasteiger partial charge on any atom is 0.182 e. The molecule has 1 unspecified atom stereocenters. The van der Waals surface area contributed by atoms with Crippen molar-refractivity contribution in [3.63, 3.8) is 0 Å². The fraction of sp³-hybridized carbons (Fsp3) is 0.276. The van der Waals surface area contributed by atoms with Crippen molar-refractivity contribution >= 4 is 45.6 Å². The molecule has 1 atom stereocenters. The van der Waals surface area contributed by atoms with Crippen LogP contribution in [0.2, 0.25) is 0 Å². The minimum atomic E-state index is -1.67. The summed E-state index contributed by atoms with van der Waals surface area (Å²) in [7, 11) is 9.81. The highest BCUT2D eigenvalue weighted by Crippen LogP contribution is 2.31. The number of ether oxygens (including phenoxy) is 2. The molecule has 0 fully saturated rings. The third-order valence-corrected chi connectivity index (χ3v) is 6.64. The van der Waals surface area contributed by atoms with Crippen LogP contribution in [0.25, 0.3) is 11.0 Å². The molecule has 0 aliphatic rings. The number of aldehydes is 1. The summed E-state index contributed by atoms with van der Waals surface area (Å²) in [5, 5.41) is 3.21. The van der Waals surface area contributed by atoms with Gasteiger partial charge in [0.1, 0.15) is 17.8 Å². The standard InChI is InChI=1S/C23H20N4O4S.C6H16N2/c1-30-17-11-16(12-18(13-17)31-2)24-22-23(26-21-9-4-3-8-20(21)25-22)27-32(29)19-7-5-6-15(10-19)14-28;1-7(2)5-6-8(3)4/h3-14H,1-2H3,(H,24,25)(H,26,27);5-6H2,1-4H3. The van der Waals surface area contributed by atoms with E-state index >= 15 is 0 Å². The van der Waals surface area contributed by atoms with Gasteiger partial charge in [0.15, 0.2) is 22.6 Å². The molecule has 0 aliphatic heterocycles. The summed E-state index contributed by atoms with van der Waals surface area (Å²) in [5.74, 6) is 1.87. The van der Waals surface area contributed by atoms with Gasteiger partial charge in [0.05, 0.1) is 30.1 Å². The summed E-state index contributed by atoms with van der Waals surface area (Å²) in [6.07, 6.45) is 0.708. The molecule has 40 heavy (non-hydrogen) atoms. The Morgan fingerprint density at radius 1 is 0.800 bits per heavy atom. The van der Waals surface area contributed by atoms with Crippen molar-refractivity contribution in [2.75, 3.05) is 65.5 Å². The van der Waals surface area contributed by atoms with Crippen molar-refractivity contribution in [2.24, 2.45) is 0 Å². The Morgan fingerprint density at radius 3 is 1.90 bits per heavy atom. The number of rotatable bonds is 11. The van der Waals surface area contributed by atoms with Crippen LogP contribution in [0, 0.1) is 0 Å². The van der Waals surface area contributed by atoms with Gasteiger partial charge in [0, 0.05) is 42.5 Å². The minimum absolute atomic E-state index is 0.292. The molecular formula is C29H36N6O4S. The largest absolute Gasteiger partial charge is 0.497 e. The van der Waals surface area contributed by atoms with Gasteiger partial charge in [-0.25, -0.2) is 14.2 Å². The van der Waals surface area contributed by atoms with Crippen LogP contribution in [-0.4, -0.2) is 85.8 Å². The molecule has 0 saturated carbocycles. The first-order valence-electron chi connectivity index (χ1n) is 12.5. The SMILES string of the molecule is CN(C)CCN(C)C.COc1cc(Nc2nc3ccccc3nc2NS(=O)c2cccc(C=O)c2)cc(OC)c1. The predicted octanol–water partition coefficient (Wildman–Crippen LogP) is 4.45. The number of carbonyl (C=O) groups is 1. The predicted molar refractivity (Wildman–Crippen MR) is 161 cm³/mol. The van der Waals surface area contributed by atoms with Crippen molar-refractivity contribution in [1.82, 2.24) is 19.8 Å². The van der Waals surface area contributed by atoms with Crippen LogP contribution >= 0.6 is 0 Å². The van der Waals surface area contributed by atoms with Gasteiger partial charge in [-0.05, 0) is 52.5 Å². The topological polar surface area (TPSA) is 109 Å². The highest BCUT2D eigenvalue weighted by molar-refractivity contribution is 7.86. The molecule has 0 amide bonds. The van der Waals surface area contributed by atoms with E-state index in [4.69, 9.17) is 9.47 Å². The highest BCUT2D eigenvalue weighted by atomic mass is 32.2. The molecule has 1 aromatic heterocycles. The van der Waals surface area contributed by atoms with Crippen LogP contribution in [0.3, 0.4) is 0 Å². The molecule has 10 nitrogen and oxygen atoms in total. The van der Waals surface area contributed by atoms with Gasteiger partial charge in [-0.3, -0.25) is 9.52 Å². The van der Waals surface area contributed by atoms with Crippen molar-refractivity contribution in [1.29, 1.82) is 0 Å². The number of benzene rings is 3. The minimum Gasteiger partial charge on any atom is -0.497 e. The summed E-state index contributed by atoms with van der Waals surface area (Å²) in [4.78, 5) is 25.1. The van der Waals surface area contributed by atoms with Gasteiger partial charge in [0.25, 0.3) is 0 Å². The molecule has 11 heteroatoms. The van der Waals surface area contributed by atoms with Gasteiger partial charge in [0.2, 0.25) is 0 Å². The number of nitrogens with zero attached hydrogens (tertiary/aromatic N) is 4. The smallest absolute Gasteiger partial charge is 0.182 e. The van der Waals surface area contributed by atoms with Gasteiger partial charge < -0.3 is 24.6 Å². The third-order valence-electron chi connectivity index (χ3n) is 5.58. The fourth-order valence-corrected chi connectivity index (χ4v) is 4.31. The zero-order valence-corrected chi connectivity index (χ0v) is 24.5. The molecule has 0 spiro atoms. The maximum atomic E-state index is 13.0. The van der Waals surface area contributed by atoms with E-state index in [1.165, 1.54) is 0 Å². The van der Waals surface area contributed by atoms with E-state index in [1.807, 2.05) is 24.3 Å². The number of hydrogen-bond acceptors (Lipinski definition) is 9. The zero-order valence-electron chi connectivity index (χ0n) is 23.7. The van der Waals surface area contributed by atoms with Gasteiger partial charge in [-0.2, -0.15) is 0 Å². The number of hydrogen-bond donors (Lipinski definition) is 2. The molecule has 0 bridgehead atoms. The Bertz CT molecular complexity index is 1420. The zero-order chi connectivity index (χ0) is 29.1. The Labute approximate surface area is 237 Å². The summed E-state index contributed by atoms with van der Waals surface area (Å²) < 4.78 is 26.5. The fourth-order valence-electron chi connectivity index (χ4n) is 3.42. The van der Waals surface area contributed by atoms with Crippen LogP contribution in [-0.2, 0) is 11.0 Å². The van der Waals surface area contributed by atoms with Crippen molar-refractivity contribution < 1.29 is 18.5 Å². The van der Waals surface area contributed by atoms with Crippen LogP contribution in [0.1, 0.15) is 10.4 Å². The normalized spacial score (nSPS) is 11.5. The molecular weight excluding hydrogens is 528 g/mol. The van der Waals surface area contributed by atoms with Gasteiger partial charge in [-0.15, -0.1) is 0 Å². The molecule has 1 heterocycles. The second kappa shape index (κ2) is 14.9. The number of nitrogens with one attached hydrogen (secondary N) is 2. The lowest BCUT2D eigenvalue weighted by Gasteiger charge is -2.14. The lowest BCUT2D eigenvalue weighted by Crippen LogP contribution is -2.25. The summed E-state index contributed by atoms with van der Waals surface area (Å²) >= 11 is 0. The molecule has 0 radical (unpaired) electrons. The van der Waals surface area contributed by atoms with E-state index in [2.05, 4.69) is 58.0 Å². The Morgan fingerprint density at radius 2 is 1.38 bits per heavy atom. The summed E-state index contributed by atoms with van der Waals surface area (Å²) in [6.45, 7) is 2.29. The molecule has 212 valence electrons. The average Bonchev–Trinajstić information content (AvgIpc) is 2.96. The Hall–Kier alpha value is -4.06. The monoisotopic (exact) mass is 564 g/mol. The first kappa shape index (κ1) is 30.5. The van der Waals surface area contributed by atoms with E-state index in [0.29, 0.717) is 56.6 Å². The molecule has 4 aromatic rings. The molecule has 0 aliphatic carbocycles.